The van der Waals surface area contributed by atoms with Gasteiger partial charge in [-0.3, -0.25) is 14.4 Å². The van der Waals surface area contributed by atoms with Crippen molar-refractivity contribution in [3.05, 3.63) is 28.8 Å². The second-order valence-electron chi connectivity index (χ2n) is 4.89. The summed E-state index contributed by atoms with van der Waals surface area (Å²) in [5, 5.41) is 14.3. The maximum atomic E-state index is 12.0. The third-order valence-corrected chi connectivity index (χ3v) is 3.96. The van der Waals surface area contributed by atoms with Crippen LogP contribution in [0.3, 0.4) is 0 Å². The molecule has 6 nitrogen and oxygen atoms in total. The van der Waals surface area contributed by atoms with Crippen molar-refractivity contribution < 1.29 is 19.5 Å². The van der Waals surface area contributed by atoms with Crippen molar-refractivity contribution in [2.24, 2.45) is 11.8 Å². The lowest BCUT2D eigenvalue weighted by atomic mass is 9.73. The minimum absolute atomic E-state index is 0.250. The lowest BCUT2D eigenvalue weighted by Gasteiger charge is -2.31. The van der Waals surface area contributed by atoms with Gasteiger partial charge in [0.15, 0.2) is 0 Å². The molecule has 1 fully saturated rings. The summed E-state index contributed by atoms with van der Waals surface area (Å²) < 4.78 is 0. The molecular formula is C14H15ClN2O4. The van der Waals surface area contributed by atoms with E-state index in [9.17, 15) is 14.4 Å². The fourth-order valence-corrected chi connectivity index (χ4v) is 2.46. The van der Waals surface area contributed by atoms with Crippen LogP contribution in [0.5, 0.6) is 0 Å². The van der Waals surface area contributed by atoms with Gasteiger partial charge in [0.1, 0.15) is 0 Å². The van der Waals surface area contributed by atoms with E-state index in [0.717, 1.165) is 0 Å². The molecule has 2 atom stereocenters. The summed E-state index contributed by atoms with van der Waals surface area (Å²) in [6.45, 7) is 0. The Morgan fingerprint density at radius 3 is 2.43 bits per heavy atom. The van der Waals surface area contributed by atoms with E-state index in [1.807, 2.05) is 0 Å². The highest BCUT2D eigenvalue weighted by molar-refractivity contribution is 6.34. The summed E-state index contributed by atoms with van der Waals surface area (Å²) in [5.41, 5.74) is 0.666. The van der Waals surface area contributed by atoms with Gasteiger partial charge in [-0.1, -0.05) is 11.6 Å². The van der Waals surface area contributed by atoms with E-state index in [0.29, 0.717) is 18.5 Å². The molecule has 0 radical (unpaired) electrons. The summed E-state index contributed by atoms with van der Waals surface area (Å²) in [7, 11) is 1.48. The summed E-state index contributed by atoms with van der Waals surface area (Å²) in [6.07, 6.45) is 1.07. The van der Waals surface area contributed by atoms with Crippen LogP contribution in [-0.4, -0.2) is 29.9 Å². The predicted octanol–water partition coefficient (Wildman–Crippen LogP) is 1.75. The molecule has 3 N–H and O–H groups in total. The summed E-state index contributed by atoms with van der Waals surface area (Å²) in [4.78, 5) is 34.6. The van der Waals surface area contributed by atoms with Crippen molar-refractivity contribution in [1.82, 2.24) is 5.32 Å². The number of amides is 2. The van der Waals surface area contributed by atoms with Crippen LogP contribution in [0.25, 0.3) is 0 Å². The SMILES string of the molecule is CNC(=O)c1cc(NC(=O)C2CCC2C(=O)O)ccc1Cl. The smallest absolute Gasteiger partial charge is 0.307 e. The van der Waals surface area contributed by atoms with Crippen molar-refractivity contribution >= 4 is 35.1 Å². The number of aliphatic carboxylic acids is 1. The molecular weight excluding hydrogens is 296 g/mol. The summed E-state index contributed by atoms with van der Waals surface area (Å²) >= 11 is 5.92. The monoisotopic (exact) mass is 310 g/mol. The molecule has 2 rings (SSSR count). The maximum Gasteiger partial charge on any atom is 0.307 e. The van der Waals surface area contributed by atoms with E-state index >= 15 is 0 Å². The van der Waals surface area contributed by atoms with Gasteiger partial charge in [-0.05, 0) is 31.0 Å². The molecule has 21 heavy (non-hydrogen) atoms. The molecule has 0 bridgehead atoms. The molecule has 1 aromatic rings. The zero-order chi connectivity index (χ0) is 15.6. The average molecular weight is 311 g/mol. The standard InChI is InChI=1S/C14H15ClN2O4/c1-16-12(18)10-6-7(2-5-11(10)15)17-13(19)8-3-4-9(8)14(20)21/h2,5-6,8-9H,3-4H2,1H3,(H,16,18)(H,17,19)(H,20,21). The minimum atomic E-state index is -0.955. The second kappa shape index (κ2) is 6.13. The Kier molecular flexibility index (Phi) is 4.47. The normalized spacial score (nSPS) is 20.3. The van der Waals surface area contributed by atoms with Crippen molar-refractivity contribution in [2.75, 3.05) is 12.4 Å². The van der Waals surface area contributed by atoms with Crippen molar-refractivity contribution in [2.45, 2.75) is 12.8 Å². The molecule has 1 aliphatic carbocycles. The van der Waals surface area contributed by atoms with Crippen LogP contribution in [0, 0.1) is 11.8 Å². The van der Waals surface area contributed by atoms with Crippen molar-refractivity contribution in [3.8, 4) is 0 Å². The first kappa shape index (κ1) is 15.3. The van der Waals surface area contributed by atoms with E-state index in [4.69, 9.17) is 16.7 Å². The maximum absolute atomic E-state index is 12.0. The molecule has 0 saturated heterocycles. The van der Waals surface area contributed by atoms with Gasteiger partial charge in [-0.25, -0.2) is 0 Å². The number of carboxylic acids is 1. The van der Waals surface area contributed by atoms with Gasteiger partial charge in [0.2, 0.25) is 5.91 Å². The highest BCUT2D eigenvalue weighted by atomic mass is 35.5. The number of benzene rings is 1. The van der Waals surface area contributed by atoms with Crippen LogP contribution >= 0.6 is 11.6 Å². The van der Waals surface area contributed by atoms with Crippen LogP contribution in [0.15, 0.2) is 18.2 Å². The van der Waals surface area contributed by atoms with Gasteiger partial charge in [-0.15, -0.1) is 0 Å². The molecule has 1 aromatic carbocycles. The zero-order valence-corrected chi connectivity index (χ0v) is 12.1. The van der Waals surface area contributed by atoms with Gasteiger partial charge in [-0.2, -0.15) is 0 Å². The minimum Gasteiger partial charge on any atom is -0.481 e. The third-order valence-electron chi connectivity index (χ3n) is 3.63. The van der Waals surface area contributed by atoms with Crippen LogP contribution in [0.4, 0.5) is 5.69 Å². The quantitative estimate of drug-likeness (QED) is 0.789. The second-order valence-corrected chi connectivity index (χ2v) is 5.30. The molecule has 1 saturated carbocycles. The lowest BCUT2D eigenvalue weighted by molar-refractivity contribution is -0.151. The Morgan fingerprint density at radius 1 is 1.24 bits per heavy atom. The average Bonchev–Trinajstić information content (AvgIpc) is 2.38. The number of hydrogen-bond donors (Lipinski definition) is 3. The first-order valence-corrected chi connectivity index (χ1v) is 6.87. The molecule has 0 aliphatic heterocycles. The predicted molar refractivity (Wildman–Crippen MR) is 77.3 cm³/mol. The van der Waals surface area contributed by atoms with Crippen LogP contribution in [-0.2, 0) is 9.59 Å². The molecule has 7 heteroatoms. The molecule has 112 valence electrons. The van der Waals surface area contributed by atoms with Crippen molar-refractivity contribution in [1.29, 1.82) is 0 Å². The summed E-state index contributed by atoms with van der Waals surface area (Å²) in [6, 6.07) is 4.55. The van der Waals surface area contributed by atoms with Gasteiger partial charge in [0, 0.05) is 12.7 Å². The Hall–Kier alpha value is -2.08. The summed E-state index contributed by atoms with van der Waals surface area (Å²) in [5.74, 6) is -2.82. The molecule has 2 unspecified atom stereocenters. The fourth-order valence-electron chi connectivity index (χ4n) is 2.26. The number of halogens is 1. The van der Waals surface area contributed by atoms with Gasteiger partial charge >= 0.3 is 5.97 Å². The third kappa shape index (κ3) is 3.16. The van der Waals surface area contributed by atoms with Crippen LogP contribution in [0.1, 0.15) is 23.2 Å². The van der Waals surface area contributed by atoms with E-state index in [2.05, 4.69) is 10.6 Å². The highest BCUT2D eigenvalue weighted by Crippen LogP contribution is 2.35. The number of carbonyl (C=O) groups excluding carboxylic acids is 2. The number of nitrogens with one attached hydrogen (secondary N) is 2. The molecule has 1 aliphatic rings. The Morgan fingerprint density at radius 2 is 1.90 bits per heavy atom. The van der Waals surface area contributed by atoms with E-state index in [-0.39, 0.29) is 22.4 Å². The number of rotatable bonds is 4. The lowest BCUT2D eigenvalue weighted by Crippen LogP contribution is -2.41. The first-order chi connectivity index (χ1) is 9.93. The topological polar surface area (TPSA) is 95.5 Å². The molecule has 0 heterocycles. The van der Waals surface area contributed by atoms with Gasteiger partial charge in [0.25, 0.3) is 5.91 Å². The van der Waals surface area contributed by atoms with Crippen LogP contribution in [0.2, 0.25) is 5.02 Å². The first-order valence-electron chi connectivity index (χ1n) is 6.49. The van der Waals surface area contributed by atoms with E-state index in [1.54, 1.807) is 6.07 Å². The molecule has 0 spiro atoms. The Labute approximate surface area is 126 Å². The molecule has 2 amide bonds. The zero-order valence-electron chi connectivity index (χ0n) is 11.4. The number of hydrogen-bond acceptors (Lipinski definition) is 3. The number of carboxylic acid groups (broad SMARTS) is 1. The number of anilines is 1. The Balaban J connectivity index is 2.11. The molecule has 0 aromatic heterocycles. The van der Waals surface area contributed by atoms with E-state index < -0.39 is 17.8 Å². The van der Waals surface area contributed by atoms with Gasteiger partial charge < -0.3 is 15.7 Å². The van der Waals surface area contributed by atoms with E-state index in [1.165, 1.54) is 19.2 Å². The largest absolute Gasteiger partial charge is 0.481 e. The fraction of sp³-hybridized carbons (Fsp3) is 0.357. The Bertz CT molecular complexity index is 603. The highest BCUT2D eigenvalue weighted by Gasteiger charge is 2.41. The number of carbonyl (C=O) groups is 3. The van der Waals surface area contributed by atoms with Crippen molar-refractivity contribution in [3.63, 3.8) is 0 Å². The van der Waals surface area contributed by atoms with Gasteiger partial charge in [0.05, 0.1) is 22.4 Å². The van der Waals surface area contributed by atoms with Crippen LogP contribution < -0.4 is 10.6 Å².